The Bertz CT molecular complexity index is 621. The average Bonchev–Trinajstić information content (AvgIpc) is 2.92. The molecule has 1 amide bonds. The Balaban J connectivity index is 1.73. The highest BCUT2D eigenvalue weighted by Crippen LogP contribution is 2.11. The summed E-state index contributed by atoms with van der Waals surface area (Å²) in [4.78, 5) is 26.9. The van der Waals surface area contributed by atoms with Crippen molar-refractivity contribution in [2.75, 3.05) is 13.7 Å². The first-order valence-corrected chi connectivity index (χ1v) is 6.94. The summed E-state index contributed by atoms with van der Waals surface area (Å²) in [5, 5.41) is 2.79. The first kappa shape index (κ1) is 15.0. The van der Waals surface area contributed by atoms with Gasteiger partial charge in [0.15, 0.2) is 0 Å². The highest BCUT2D eigenvalue weighted by Gasteiger charge is 2.05. The molecule has 6 nitrogen and oxygen atoms in total. The van der Waals surface area contributed by atoms with Crippen LogP contribution in [0, 0.1) is 0 Å². The molecule has 0 radical (unpaired) electrons. The van der Waals surface area contributed by atoms with Gasteiger partial charge < -0.3 is 14.6 Å². The van der Waals surface area contributed by atoms with Crippen molar-refractivity contribution >= 4 is 22.9 Å². The van der Waals surface area contributed by atoms with Gasteiger partial charge in [0.2, 0.25) is 5.91 Å². The Kier molecular flexibility index (Phi) is 5.31. The molecule has 0 saturated heterocycles. The molecule has 0 atom stereocenters. The van der Waals surface area contributed by atoms with Gasteiger partial charge in [-0.1, -0.05) is 12.1 Å². The molecule has 2 rings (SSSR count). The molecule has 0 saturated carbocycles. The van der Waals surface area contributed by atoms with Crippen LogP contribution in [-0.4, -0.2) is 35.1 Å². The standard InChI is InChI=1S/C15H19N3O3/c1-21-15(20)7-4-9-16-14(19)8-10-18-11-17-12-5-2-3-6-13(12)18/h2-3,5-6,11H,4,7-10H2,1H3,(H,16,19). The number of benzene rings is 1. The number of fused-ring (bicyclic) bond motifs is 1. The highest BCUT2D eigenvalue weighted by atomic mass is 16.5. The number of para-hydroxylation sites is 2. The topological polar surface area (TPSA) is 73.2 Å². The van der Waals surface area contributed by atoms with Crippen LogP contribution in [0.3, 0.4) is 0 Å². The van der Waals surface area contributed by atoms with Gasteiger partial charge in [0.05, 0.1) is 24.5 Å². The molecule has 21 heavy (non-hydrogen) atoms. The summed E-state index contributed by atoms with van der Waals surface area (Å²) in [5.41, 5.74) is 1.95. The number of carbonyl (C=O) groups excluding carboxylic acids is 2. The lowest BCUT2D eigenvalue weighted by Gasteiger charge is -2.06. The van der Waals surface area contributed by atoms with Crippen molar-refractivity contribution in [3.63, 3.8) is 0 Å². The van der Waals surface area contributed by atoms with Crippen molar-refractivity contribution in [1.82, 2.24) is 14.9 Å². The zero-order valence-electron chi connectivity index (χ0n) is 12.0. The maximum atomic E-state index is 11.7. The quantitative estimate of drug-likeness (QED) is 0.619. The minimum absolute atomic E-state index is 0.0300. The molecule has 0 bridgehead atoms. The Hall–Kier alpha value is -2.37. The van der Waals surface area contributed by atoms with Gasteiger partial charge in [0, 0.05) is 25.9 Å². The lowest BCUT2D eigenvalue weighted by atomic mass is 10.3. The van der Waals surface area contributed by atoms with Crippen LogP contribution in [0.5, 0.6) is 0 Å². The lowest BCUT2D eigenvalue weighted by molar-refractivity contribution is -0.140. The maximum absolute atomic E-state index is 11.7. The summed E-state index contributed by atoms with van der Waals surface area (Å²) in [7, 11) is 1.36. The number of rotatable bonds is 7. The smallest absolute Gasteiger partial charge is 0.305 e. The molecule has 6 heteroatoms. The third-order valence-electron chi connectivity index (χ3n) is 3.21. The van der Waals surface area contributed by atoms with E-state index >= 15 is 0 Å². The summed E-state index contributed by atoms with van der Waals surface area (Å²) in [6.45, 7) is 1.07. The van der Waals surface area contributed by atoms with Gasteiger partial charge >= 0.3 is 5.97 Å². The second-order valence-electron chi connectivity index (χ2n) is 4.71. The average molecular weight is 289 g/mol. The van der Waals surface area contributed by atoms with Crippen molar-refractivity contribution in [3.8, 4) is 0 Å². The first-order chi connectivity index (χ1) is 10.2. The summed E-state index contributed by atoms with van der Waals surface area (Å²) < 4.78 is 6.49. The molecule has 1 aromatic heterocycles. The molecule has 2 aromatic rings. The fraction of sp³-hybridized carbons (Fsp3) is 0.400. The predicted octanol–water partition coefficient (Wildman–Crippen LogP) is 1.50. The number of imidazole rings is 1. The predicted molar refractivity (Wildman–Crippen MR) is 78.6 cm³/mol. The minimum Gasteiger partial charge on any atom is -0.469 e. The molecule has 0 aliphatic carbocycles. The third kappa shape index (κ3) is 4.30. The number of esters is 1. The van der Waals surface area contributed by atoms with E-state index < -0.39 is 0 Å². The van der Waals surface area contributed by atoms with Crippen molar-refractivity contribution < 1.29 is 14.3 Å². The number of amides is 1. The maximum Gasteiger partial charge on any atom is 0.305 e. The number of nitrogens with one attached hydrogen (secondary N) is 1. The van der Waals surface area contributed by atoms with Gasteiger partial charge in [-0.2, -0.15) is 0 Å². The van der Waals surface area contributed by atoms with Crippen LogP contribution in [0.1, 0.15) is 19.3 Å². The molecular weight excluding hydrogens is 270 g/mol. The fourth-order valence-corrected chi connectivity index (χ4v) is 2.06. The fourth-order valence-electron chi connectivity index (χ4n) is 2.06. The van der Waals surface area contributed by atoms with Crippen LogP contribution < -0.4 is 5.32 Å². The van der Waals surface area contributed by atoms with Crippen LogP contribution >= 0.6 is 0 Å². The third-order valence-corrected chi connectivity index (χ3v) is 3.21. The number of hydrogen-bond acceptors (Lipinski definition) is 4. The zero-order valence-corrected chi connectivity index (χ0v) is 12.0. The Labute approximate surface area is 123 Å². The van der Waals surface area contributed by atoms with Crippen molar-refractivity contribution in [1.29, 1.82) is 0 Å². The molecule has 1 heterocycles. The van der Waals surface area contributed by atoms with Gasteiger partial charge in [-0.3, -0.25) is 9.59 Å². The van der Waals surface area contributed by atoms with Crippen molar-refractivity contribution in [2.45, 2.75) is 25.8 Å². The van der Waals surface area contributed by atoms with Gasteiger partial charge in [-0.05, 0) is 18.6 Å². The number of ether oxygens (including phenoxy) is 1. The van der Waals surface area contributed by atoms with Crippen molar-refractivity contribution in [3.05, 3.63) is 30.6 Å². The van der Waals surface area contributed by atoms with Gasteiger partial charge in [0.25, 0.3) is 0 Å². The lowest BCUT2D eigenvalue weighted by Crippen LogP contribution is -2.25. The summed E-state index contributed by atoms with van der Waals surface area (Å²) >= 11 is 0. The van der Waals surface area contributed by atoms with E-state index in [0.717, 1.165) is 11.0 Å². The molecule has 0 unspecified atom stereocenters. The Morgan fingerprint density at radius 3 is 2.90 bits per heavy atom. The first-order valence-electron chi connectivity index (χ1n) is 6.94. The molecular formula is C15H19N3O3. The number of carbonyl (C=O) groups is 2. The minimum atomic E-state index is -0.255. The van der Waals surface area contributed by atoms with E-state index in [4.69, 9.17) is 0 Å². The van der Waals surface area contributed by atoms with E-state index in [2.05, 4.69) is 15.0 Å². The number of methoxy groups -OCH3 is 1. The van der Waals surface area contributed by atoms with E-state index in [0.29, 0.717) is 32.4 Å². The second-order valence-corrected chi connectivity index (χ2v) is 4.71. The molecule has 112 valence electrons. The summed E-state index contributed by atoms with van der Waals surface area (Å²) in [6.07, 6.45) is 3.04. The van der Waals surface area contributed by atoms with E-state index in [-0.39, 0.29) is 11.9 Å². The number of nitrogens with zero attached hydrogens (tertiary/aromatic N) is 2. The number of aryl methyl sites for hydroxylation is 1. The van der Waals surface area contributed by atoms with E-state index in [1.165, 1.54) is 7.11 Å². The Morgan fingerprint density at radius 2 is 2.10 bits per heavy atom. The van der Waals surface area contributed by atoms with Crippen LogP contribution in [0.4, 0.5) is 0 Å². The Morgan fingerprint density at radius 1 is 1.29 bits per heavy atom. The molecule has 0 spiro atoms. The largest absolute Gasteiger partial charge is 0.469 e. The van der Waals surface area contributed by atoms with E-state index in [9.17, 15) is 9.59 Å². The van der Waals surface area contributed by atoms with Gasteiger partial charge in [0.1, 0.15) is 0 Å². The summed E-state index contributed by atoms with van der Waals surface area (Å²) in [6, 6.07) is 7.82. The molecule has 0 aliphatic rings. The second kappa shape index (κ2) is 7.42. The molecule has 1 aromatic carbocycles. The van der Waals surface area contributed by atoms with Crippen LogP contribution in [-0.2, 0) is 20.9 Å². The highest BCUT2D eigenvalue weighted by molar-refractivity contribution is 5.77. The van der Waals surface area contributed by atoms with E-state index in [1.54, 1.807) is 6.33 Å². The monoisotopic (exact) mass is 289 g/mol. The van der Waals surface area contributed by atoms with Gasteiger partial charge in [-0.25, -0.2) is 4.98 Å². The number of hydrogen-bond donors (Lipinski definition) is 1. The van der Waals surface area contributed by atoms with Crippen LogP contribution in [0.15, 0.2) is 30.6 Å². The van der Waals surface area contributed by atoms with Gasteiger partial charge in [-0.15, -0.1) is 0 Å². The number of aromatic nitrogens is 2. The van der Waals surface area contributed by atoms with E-state index in [1.807, 2.05) is 28.8 Å². The van der Waals surface area contributed by atoms with Crippen LogP contribution in [0.25, 0.3) is 11.0 Å². The summed E-state index contributed by atoms with van der Waals surface area (Å²) in [5.74, 6) is -0.285. The molecule has 0 fully saturated rings. The SMILES string of the molecule is COC(=O)CCCNC(=O)CCn1cnc2ccccc21. The normalized spacial score (nSPS) is 10.5. The molecule has 1 N–H and O–H groups in total. The zero-order chi connectivity index (χ0) is 15.1. The van der Waals surface area contributed by atoms with Crippen molar-refractivity contribution in [2.24, 2.45) is 0 Å². The molecule has 0 aliphatic heterocycles. The van der Waals surface area contributed by atoms with Crippen LogP contribution in [0.2, 0.25) is 0 Å².